The molecule has 0 saturated heterocycles. The van der Waals surface area contributed by atoms with Gasteiger partial charge in [0.25, 0.3) is 5.24 Å². The largest absolute Gasteiger partial charge is 0.492 e. The fraction of sp³-hybridized carbons (Fsp3) is 0.500. The van der Waals surface area contributed by atoms with Crippen LogP contribution in [0.4, 0.5) is 0 Å². The van der Waals surface area contributed by atoms with Gasteiger partial charge in [-0.1, -0.05) is 0 Å². The van der Waals surface area contributed by atoms with Crippen LogP contribution in [0.5, 0.6) is 0 Å². The average molecular weight is 149 g/mol. The SMILES string of the molecule is CC(C)=COCC(=O)Cl. The highest BCUT2D eigenvalue weighted by atomic mass is 35.5. The molecule has 0 aliphatic carbocycles. The van der Waals surface area contributed by atoms with Crippen molar-refractivity contribution in [3.8, 4) is 0 Å². The van der Waals surface area contributed by atoms with Crippen LogP contribution >= 0.6 is 11.6 Å². The van der Waals surface area contributed by atoms with Gasteiger partial charge in [0.05, 0.1) is 6.26 Å². The summed E-state index contributed by atoms with van der Waals surface area (Å²) in [6, 6.07) is 0. The van der Waals surface area contributed by atoms with E-state index in [9.17, 15) is 4.79 Å². The number of hydrogen-bond acceptors (Lipinski definition) is 2. The standard InChI is InChI=1S/C6H9ClO2/c1-5(2)3-9-4-6(7)8/h3H,4H2,1-2H3. The van der Waals surface area contributed by atoms with Gasteiger partial charge in [-0.3, -0.25) is 4.79 Å². The molecular formula is C6H9ClO2. The lowest BCUT2D eigenvalue weighted by Crippen LogP contribution is -1.95. The normalized spacial score (nSPS) is 8.33. The first kappa shape index (κ1) is 8.50. The number of carbonyl (C=O) groups excluding carboxylic acids is 1. The molecule has 0 radical (unpaired) electrons. The Kier molecular flexibility index (Phi) is 4.14. The fourth-order valence-corrected chi connectivity index (χ4v) is 0.337. The highest BCUT2D eigenvalue weighted by Crippen LogP contribution is 1.90. The second-order valence-electron chi connectivity index (χ2n) is 1.86. The predicted octanol–water partition coefficient (Wildman–Crippen LogP) is 1.69. The van der Waals surface area contributed by atoms with Crippen molar-refractivity contribution in [1.29, 1.82) is 0 Å². The minimum Gasteiger partial charge on any atom is -0.492 e. The maximum absolute atomic E-state index is 10.0. The van der Waals surface area contributed by atoms with E-state index in [0.29, 0.717) is 0 Å². The molecule has 0 aromatic carbocycles. The van der Waals surface area contributed by atoms with Crippen LogP contribution in [-0.2, 0) is 9.53 Å². The minimum absolute atomic E-state index is 0.0489. The fourth-order valence-electron chi connectivity index (χ4n) is 0.274. The molecule has 0 N–H and O–H groups in total. The van der Waals surface area contributed by atoms with E-state index in [0.717, 1.165) is 5.57 Å². The molecule has 3 heteroatoms. The highest BCUT2D eigenvalue weighted by Gasteiger charge is 1.90. The van der Waals surface area contributed by atoms with Crippen LogP contribution in [0.3, 0.4) is 0 Å². The Bertz CT molecular complexity index is 125. The Morgan fingerprint density at radius 1 is 1.67 bits per heavy atom. The number of hydrogen-bond donors (Lipinski definition) is 0. The van der Waals surface area contributed by atoms with E-state index in [4.69, 9.17) is 16.3 Å². The molecule has 0 heterocycles. The van der Waals surface area contributed by atoms with E-state index in [-0.39, 0.29) is 6.61 Å². The molecule has 0 aliphatic rings. The van der Waals surface area contributed by atoms with E-state index < -0.39 is 5.24 Å². The highest BCUT2D eigenvalue weighted by molar-refractivity contribution is 6.63. The Morgan fingerprint density at radius 2 is 2.22 bits per heavy atom. The molecule has 0 spiro atoms. The molecule has 52 valence electrons. The summed E-state index contributed by atoms with van der Waals surface area (Å²) in [4.78, 5) is 10.0. The van der Waals surface area contributed by atoms with Crippen molar-refractivity contribution in [2.75, 3.05) is 6.61 Å². The van der Waals surface area contributed by atoms with Crippen molar-refractivity contribution in [3.05, 3.63) is 11.8 Å². The number of allylic oxidation sites excluding steroid dienone is 1. The third kappa shape index (κ3) is 7.50. The zero-order valence-electron chi connectivity index (χ0n) is 5.48. The molecule has 0 fully saturated rings. The van der Waals surface area contributed by atoms with Crippen LogP contribution in [0, 0.1) is 0 Å². The van der Waals surface area contributed by atoms with Crippen LogP contribution in [0.15, 0.2) is 11.8 Å². The van der Waals surface area contributed by atoms with Crippen molar-refractivity contribution in [2.45, 2.75) is 13.8 Å². The summed E-state index contributed by atoms with van der Waals surface area (Å²) in [6.45, 7) is 3.70. The summed E-state index contributed by atoms with van der Waals surface area (Å²) >= 11 is 4.97. The molecule has 0 aliphatic heterocycles. The van der Waals surface area contributed by atoms with Crippen LogP contribution < -0.4 is 0 Å². The van der Waals surface area contributed by atoms with Crippen molar-refractivity contribution in [2.24, 2.45) is 0 Å². The van der Waals surface area contributed by atoms with Gasteiger partial charge in [0.1, 0.15) is 0 Å². The van der Waals surface area contributed by atoms with Crippen molar-refractivity contribution in [1.82, 2.24) is 0 Å². The topological polar surface area (TPSA) is 26.3 Å². The summed E-state index contributed by atoms with van der Waals surface area (Å²) in [5.41, 5.74) is 1.01. The lowest BCUT2D eigenvalue weighted by atomic mass is 10.4. The second-order valence-corrected chi connectivity index (χ2v) is 2.28. The van der Waals surface area contributed by atoms with Gasteiger partial charge in [-0.25, -0.2) is 0 Å². The zero-order chi connectivity index (χ0) is 7.28. The Labute approximate surface area is 59.5 Å². The summed E-state index contributed by atoms with van der Waals surface area (Å²) in [5.74, 6) is 0. The van der Waals surface area contributed by atoms with Crippen LogP contribution in [0.1, 0.15) is 13.8 Å². The van der Waals surface area contributed by atoms with Crippen LogP contribution in [0.25, 0.3) is 0 Å². The Hall–Kier alpha value is -0.500. The molecule has 0 amide bonds. The van der Waals surface area contributed by atoms with Crippen molar-refractivity contribution >= 4 is 16.8 Å². The molecule has 0 aromatic rings. The summed E-state index contributed by atoms with van der Waals surface area (Å²) in [5, 5.41) is -0.479. The first-order valence-corrected chi connectivity index (χ1v) is 2.94. The molecule has 0 aromatic heterocycles. The maximum Gasteiger partial charge on any atom is 0.259 e. The van der Waals surface area contributed by atoms with Gasteiger partial charge in [-0.2, -0.15) is 0 Å². The average Bonchev–Trinajstić information content (AvgIpc) is 1.63. The van der Waals surface area contributed by atoms with E-state index in [1.807, 2.05) is 13.8 Å². The number of carbonyl (C=O) groups is 1. The lowest BCUT2D eigenvalue weighted by molar-refractivity contribution is -0.114. The van der Waals surface area contributed by atoms with Crippen molar-refractivity contribution < 1.29 is 9.53 Å². The molecular weight excluding hydrogens is 140 g/mol. The summed E-state index contributed by atoms with van der Waals surface area (Å²) in [6.07, 6.45) is 1.50. The molecule has 0 unspecified atom stereocenters. The Balaban J connectivity index is 3.31. The van der Waals surface area contributed by atoms with Gasteiger partial charge in [-0.15, -0.1) is 0 Å². The Morgan fingerprint density at radius 3 is 2.56 bits per heavy atom. The molecule has 9 heavy (non-hydrogen) atoms. The van der Waals surface area contributed by atoms with E-state index in [2.05, 4.69) is 0 Å². The van der Waals surface area contributed by atoms with Gasteiger partial charge in [-0.05, 0) is 31.0 Å². The molecule has 0 rings (SSSR count). The first-order valence-electron chi connectivity index (χ1n) is 2.56. The minimum atomic E-state index is -0.479. The van der Waals surface area contributed by atoms with E-state index in [1.165, 1.54) is 6.26 Å². The molecule has 0 bridgehead atoms. The number of ether oxygens (including phenoxy) is 1. The van der Waals surface area contributed by atoms with Gasteiger partial charge in [0.2, 0.25) is 0 Å². The zero-order valence-corrected chi connectivity index (χ0v) is 6.23. The lowest BCUT2D eigenvalue weighted by Gasteiger charge is -1.93. The molecule has 0 saturated carbocycles. The third-order valence-electron chi connectivity index (χ3n) is 0.516. The smallest absolute Gasteiger partial charge is 0.259 e. The molecule has 0 atom stereocenters. The third-order valence-corrected chi connectivity index (χ3v) is 0.625. The summed E-state index contributed by atoms with van der Waals surface area (Å²) < 4.78 is 4.71. The van der Waals surface area contributed by atoms with Crippen LogP contribution in [-0.4, -0.2) is 11.8 Å². The summed E-state index contributed by atoms with van der Waals surface area (Å²) in [7, 11) is 0. The number of rotatable bonds is 3. The van der Waals surface area contributed by atoms with Gasteiger partial charge in [0, 0.05) is 0 Å². The molecule has 2 nitrogen and oxygen atoms in total. The van der Waals surface area contributed by atoms with E-state index >= 15 is 0 Å². The van der Waals surface area contributed by atoms with Crippen LogP contribution in [0.2, 0.25) is 0 Å². The second kappa shape index (κ2) is 4.39. The maximum atomic E-state index is 10.0. The predicted molar refractivity (Wildman–Crippen MR) is 36.2 cm³/mol. The van der Waals surface area contributed by atoms with Gasteiger partial charge < -0.3 is 4.74 Å². The van der Waals surface area contributed by atoms with Gasteiger partial charge >= 0.3 is 0 Å². The number of halogens is 1. The quantitative estimate of drug-likeness (QED) is 0.450. The van der Waals surface area contributed by atoms with Crippen molar-refractivity contribution in [3.63, 3.8) is 0 Å². The van der Waals surface area contributed by atoms with E-state index in [1.54, 1.807) is 0 Å². The van der Waals surface area contributed by atoms with Gasteiger partial charge in [0.15, 0.2) is 6.61 Å². The monoisotopic (exact) mass is 148 g/mol. The first-order chi connectivity index (χ1) is 4.13.